The van der Waals surface area contributed by atoms with E-state index in [9.17, 15) is 4.79 Å². The number of nitrogens with one attached hydrogen (secondary N) is 1. The van der Waals surface area contributed by atoms with Crippen LogP contribution < -0.4 is 5.32 Å². The van der Waals surface area contributed by atoms with Crippen LogP contribution in [0.5, 0.6) is 0 Å². The number of rotatable bonds is 4. The van der Waals surface area contributed by atoms with E-state index in [2.05, 4.69) is 38.5 Å². The number of aryl methyl sites for hydroxylation is 1. The first kappa shape index (κ1) is 14.0. The lowest BCUT2D eigenvalue weighted by Gasteiger charge is -2.18. The number of aromatic nitrogens is 2. The van der Waals surface area contributed by atoms with Crippen LogP contribution in [0.2, 0.25) is 0 Å². The van der Waals surface area contributed by atoms with Gasteiger partial charge in [-0.2, -0.15) is 5.10 Å². The summed E-state index contributed by atoms with van der Waals surface area (Å²) in [5.41, 5.74) is 2.26. The number of amides is 1. The van der Waals surface area contributed by atoms with Gasteiger partial charge in [-0.25, -0.2) is 0 Å². The number of hydrogen-bond donors (Lipinski definition) is 1. The van der Waals surface area contributed by atoms with Gasteiger partial charge in [-0.3, -0.25) is 9.48 Å². The zero-order valence-electron chi connectivity index (χ0n) is 12.4. The summed E-state index contributed by atoms with van der Waals surface area (Å²) in [4.78, 5) is 12.5. The smallest absolute Gasteiger partial charge is 0.224 e. The molecule has 0 bridgehead atoms. The first-order valence-corrected chi connectivity index (χ1v) is 8.43. The lowest BCUT2D eigenvalue weighted by molar-refractivity contribution is -0.123. The molecule has 4 nitrogen and oxygen atoms in total. The van der Waals surface area contributed by atoms with Crippen molar-refractivity contribution in [2.24, 2.45) is 13.0 Å². The molecular weight excluding hydrogens is 342 g/mol. The van der Waals surface area contributed by atoms with Crippen LogP contribution in [-0.4, -0.2) is 15.7 Å². The molecule has 2 unspecified atom stereocenters. The summed E-state index contributed by atoms with van der Waals surface area (Å²) in [7, 11) is 1.91. The molecule has 2 atom stereocenters. The van der Waals surface area contributed by atoms with Crippen LogP contribution in [0.15, 0.2) is 41.1 Å². The summed E-state index contributed by atoms with van der Waals surface area (Å²) in [6.07, 6.45) is 6.89. The number of hydrogen-bond acceptors (Lipinski definition) is 2. The van der Waals surface area contributed by atoms with Crippen LogP contribution >= 0.6 is 15.9 Å². The average Bonchev–Trinajstić information content (AvgIpc) is 3.40. The van der Waals surface area contributed by atoms with Crippen molar-refractivity contribution in [2.45, 2.75) is 30.7 Å². The minimum atomic E-state index is -0.125. The fourth-order valence-corrected chi connectivity index (χ4v) is 3.46. The number of benzene rings is 1. The van der Waals surface area contributed by atoms with E-state index in [0.29, 0.717) is 5.92 Å². The Morgan fingerprint density at radius 3 is 2.68 bits per heavy atom. The zero-order chi connectivity index (χ0) is 15.3. The Balaban J connectivity index is 1.44. The second-order valence-corrected chi connectivity index (χ2v) is 7.39. The maximum absolute atomic E-state index is 12.5. The van der Waals surface area contributed by atoms with Crippen LogP contribution in [0.1, 0.15) is 36.3 Å². The molecule has 4 rings (SSSR count). The minimum Gasteiger partial charge on any atom is -0.346 e. The largest absolute Gasteiger partial charge is 0.346 e. The van der Waals surface area contributed by atoms with E-state index in [1.165, 1.54) is 11.1 Å². The van der Waals surface area contributed by atoms with Crippen molar-refractivity contribution >= 4 is 21.8 Å². The summed E-state index contributed by atoms with van der Waals surface area (Å²) in [6.45, 7) is 0. The van der Waals surface area contributed by atoms with Gasteiger partial charge in [0, 0.05) is 23.6 Å². The molecule has 0 radical (unpaired) electrons. The molecule has 5 heteroatoms. The standard InChI is InChI=1S/C17H18BrN3O/c1-21-10-11(9-19-21)14-8-15(14)16(22)20-17(6-7-17)12-2-4-13(18)5-3-12/h2-5,9-10,14-15H,6-8H2,1H3,(H,20,22). The highest BCUT2D eigenvalue weighted by Gasteiger charge is 2.51. The van der Waals surface area contributed by atoms with Crippen LogP contribution in [0.25, 0.3) is 0 Å². The monoisotopic (exact) mass is 359 g/mol. The molecule has 1 heterocycles. The van der Waals surface area contributed by atoms with Crippen LogP contribution in [0.3, 0.4) is 0 Å². The molecule has 0 saturated heterocycles. The van der Waals surface area contributed by atoms with Gasteiger partial charge in [-0.15, -0.1) is 0 Å². The van der Waals surface area contributed by atoms with Crippen molar-refractivity contribution in [1.29, 1.82) is 0 Å². The van der Waals surface area contributed by atoms with Gasteiger partial charge in [-0.05, 0) is 48.4 Å². The second kappa shape index (κ2) is 4.95. The Kier molecular flexibility index (Phi) is 3.15. The summed E-state index contributed by atoms with van der Waals surface area (Å²) in [5.74, 6) is 0.640. The van der Waals surface area contributed by atoms with Gasteiger partial charge >= 0.3 is 0 Å². The zero-order valence-corrected chi connectivity index (χ0v) is 14.0. The number of halogens is 1. The summed E-state index contributed by atoms with van der Waals surface area (Å²) < 4.78 is 2.87. The maximum atomic E-state index is 12.5. The highest BCUT2D eigenvalue weighted by molar-refractivity contribution is 9.10. The molecule has 2 fully saturated rings. The molecule has 0 aliphatic heterocycles. The van der Waals surface area contributed by atoms with Gasteiger partial charge in [0.15, 0.2) is 0 Å². The molecule has 2 aliphatic carbocycles. The molecule has 1 aromatic heterocycles. The van der Waals surface area contributed by atoms with Crippen LogP contribution in [0.4, 0.5) is 0 Å². The third-order valence-corrected chi connectivity index (χ3v) is 5.32. The molecule has 2 aliphatic rings. The quantitative estimate of drug-likeness (QED) is 0.911. The van der Waals surface area contributed by atoms with Gasteiger partial charge in [0.25, 0.3) is 0 Å². The van der Waals surface area contributed by atoms with Crippen molar-refractivity contribution < 1.29 is 4.79 Å². The van der Waals surface area contributed by atoms with E-state index in [1.807, 2.05) is 31.6 Å². The Labute approximate surface area is 138 Å². The maximum Gasteiger partial charge on any atom is 0.224 e. The van der Waals surface area contributed by atoms with Crippen molar-refractivity contribution in [2.75, 3.05) is 0 Å². The molecule has 1 N–H and O–H groups in total. The summed E-state index contributed by atoms with van der Waals surface area (Å²) in [6, 6.07) is 8.28. The van der Waals surface area contributed by atoms with E-state index in [0.717, 1.165) is 23.7 Å². The molecular formula is C17H18BrN3O. The van der Waals surface area contributed by atoms with Crippen molar-refractivity contribution in [3.63, 3.8) is 0 Å². The minimum absolute atomic E-state index is 0.108. The summed E-state index contributed by atoms with van der Waals surface area (Å²) >= 11 is 3.46. The Hall–Kier alpha value is -1.62. The van der Waals surface area contributed by atoms with Crippen LogP contribution in [-0.2, 0) is 17.4 Å². The molecule has 0 spiro atoms. The summed E-state index contributed by atoms with van der Waals surface area (Å²) in [5, 5.41) is 7.49. The van der Waals surface area contributed by atoms with E-state index in [4.69, 9.17) is 0 Å². The van der Waals surface area contributed by atoms with Gasteiger partial charge in [0.05, 0.1) is 11.7 Å². The third kappa shape index (κ3) is 2.47. The predicted octanol–water partition coefficient (Wildman–Crippen LogP) is 3.09. The first-order chi connectivity index (χ1) is 10.6. The van der Waals surface area contributed by atoms with Gasteiger partial charge in [0.2, 0.25) is 5.91 Å². The normalized spacial score (nSPS) is 24.8. The fourth-order valence-electron chi connectivity index (χ4n) is 3.19. The predicted molar refractivity (Wildman–Crippen MR) is 87.3 cm³/mol. The highest BCUT2D eigenvalue weighted by Crippen LogP contribution is 2.50. The molecule has 114 valence electrons. The lowest BCUT2D eigenvalue weighted by Crippen LogP contribution is -2.36. The third-order valence-electron chi connectivity index (χ3n) is 4.79. The lowest BCUT2D eigenvalue weighted by atomic mass is 10.0. The second-order valence-electron chi connectivity index (χ2n) is 6.47. The van der Waals surface area contributed by atoms with Crippen molar-refractivity contribution in [3.05, 3.63) is 52.3 Å². The SMILES string of the molecule is Cn1cc(C2CC2C(=O)NC2(c3ccc(Br)cc3)CC2)cn1. The topological polar surface area (TPSA) is 46.9 Å². The van der Waals surface area contributed by atoms with E-state index in [-0.39, 0.29) is 17.4 Å². The van der Waals surface area contributed by atoms with Crippen molar-refractivity contribution in [3.8, 4) is 0 Å². The van der Waals surface area contributed by atoms with E-state index < -0.39 is 0 Å². The van der Waals surface area contributed by atoms with Crippen molar-refractivity contribution in [1.82, 2.24) is 15.1 Å². The fraction of sp³-hybridized carbons (Fsp3) is 0.412. The van der Waals surface area contributed by atoms with E-state index >= 15 is 0 Å². The molecule has 1 amide bonds. The molecule has 2 saturated carbocycles. The van der Waals surface area contributed by atoms with E-state index in [1.54, 1.807) is 4.68 Å². The average molecular weight is 360 g/mol. The number of carbonyl (C=O) groups is 1. The molecule has 2 aromatic rings. The van der Waals surface area contributed by atoms with Gasteiger partial charge in [-0.1, -0.05) is 28.1 Å². The van der Waals surface area contributed by atoms with Gasteiger partial charge < -0.3 is 5.32 Å². The Morgan fingerprint density at radius 2 is 2.09 bits per heavy atom. The van der Waals surface area contributed by atoms with Gasteiger partial charge in [0.1, 0.15) is 0 Å². The Morgan fingerprint density at radius 1 is 1.36 bits per heavy atom. The number of nitrogens with zero attached hydrogens (tertiary/aromatic N) is 2. The first-order valence-electron chi connectivity index (χ1n) is 7.64. The molecule has 22 heavy (non-hydrogen) atoms. The highest BCUT2D eigenvalue weighted by atomic mass is 79.9. The number of carbonyl (C=O) groups excluding carboxylic acids is 1. The van der Waals surface area contributed by atoms with Crippen LogP contribution in [0, 0.1) is 5.92 Å². The molecule has 1 aromatic carbocycles. The Bertz CT molecular complexity index is 718.